The van der Waals surface area contributed by atoms with E-state index in [1.165, 1.54) is 12.1 Å². The highest BCUT2D eigenvalue weighted by molar-refractivity contribution is 5.94. The summed E-state index contributed by atoms with van der Waals surface area (Å²) < 4.78 is 5.14. The van der Waals surface area contributed by atoms with Gasteiger partial charge >= 0.3 is 5.97 Å². The van der Waals surface area contributed by atoms with Gasteiger partial charge in [0, 0.05) is 26.8 Å². The van der Waals surface area contributed by atoms with Crippen molar-refractivity contribution < 1.29 is 19.4 Å². The van der Waals surface area contributed by atoms with Gasteiger partial charge in [-0.2, -0.15) is 0 Å². The maximum absolute atomic E-state index is 12.4. The topological polar surface area (TPSA) is 79.7 Å². The number of carboxylic acid groups (broad SMARTS) is 1. The van der Waals surface area contributed by atoms with Gasteiger partial charge in [-0.15, -0.1) is 0 Å². The molecule has 0 saturated carbocycles. The predicted octanol–water partition coefficient (Wildman–Crippen LogP) is 1.59. The van der Waals surface area contributed by atoms with Crippen molar-refractivity contribution >= 4 is 11.9 Å². The molecule has 2 rings (SSSR count). The summed E-state index contributed by atoms with van der Waals surface area (Å²) in [6.07, 6.45) is 1.84. The number of hydrogen-bond donors (Lipinski definition) is 1. The normalized spacial score (nSPS) is 16.0. The molecule has 0 radical (unpaired) electrons. The molecule has 1 aromatic rings. The van der Waals surface area contributed by atoms with Crippen LogP contribution in [0.15, 0.2) is 12.1 Å². The van der Waals surface area contributed by atoms with Gasteiger partial charge in [0.05, 0.1) is 11.3 Å². The van der Waals surface area contributed by atoms with Crippen molar-refractivity contribution in [2.24, 2.45) is 5.92 Å². The van der Waals surface area contributed by atoms with Gasteiger partial charge in [0.15, 0.2) is 0 Å². The monoisotopic (exact) mass is 292 g/mol. The van der Waals surface area contributed by atoms with Crippen LogP contribution in [0, 0.1) is 12.8 Å². The Labute approximate surface area is 123 Å². The van der Waals surface area contributed by atoms with Crippen molar-refractivity contribution in [3.05, 3.63) is 29.1 Å². The number of pyridine rings is 1. The van der Waals surface area contributed by atoms with Crippen molar-refractivity contribution in [3.8, 4) is 0 Å². The lowest BCUT2D eigenvalue weighted by Gasteiger charge is -2.31. The van der Waals surface area contributed by atoms with E-state index in [1.807, 2.05) is 0 Å². The summed E-state index contributed by atoms with van der Waals surface area (Å²) >= 11 is 0. The molecular formula is C15H20N2O4. The number of aryl methyl sites for hydroxylation is 1. The number of methoxy groups -OCH3 is 1. The fourth-order valence-electron chi connectivity index (χ4n) is 2.61. The first kappa shape index (κ1) is 15.4. The highest BCUT2D eigenvalue weighted by atomic mass is 16.5. The zero-order valence-corrected chi connectivity index (χ0v) is 12.3. The number of likely N-dealkylation sites (tertiary alicyclic amines) is 1. The Morgan fingerprint density at radius 1 is 1.38 bits per heavy atom. The van der Waals surface area contributed by atoms with Crippen LogP contribution in [0.25, 0.3) is 0 Å². The van der Waals surface area contributed by atoms with Gasteiger partial charge in [-0.05, 0) is 37.8 Å². The summed E-state index contributed by atoms with van der Waals surface area (Å²) in [6, 6.07) is 2.93. The minimum Gasteiger partial charge on any atom is -0.478 e. The fraction of sp³-hybridized carbons (Fsp3) is 0.533. The van der Waals surface area contributed by atoms with E-state index in [1.54, 1.807) is 18.9 Å². The number of hydrogen-bond acceptors (Lipinski definition) is 4. The standard InChI is InChI=1S/C15H20N2O4/c1-10-12(15(19)20)3-4-13(16-10)14(18)17-7-5-11(6-8-17)9-21-2/h3-4,11H,5-9H2,1-2H3,(H,19,20). The quantitative estimate of drug-likeness (QED) is 0.911. The minimum atomic E-state index is -1.03. The van der Waals surface area contributed by atoms with Crippen LogP contribution in [-0.2, 0) is 4.74 Å². The van der Waals surface area contributed by atoms with Crippen LogP contribution in [0.1, 0.15) is 39.4 Å². The number of amides is 1. The predicted molar refractivity (Wildman–Crippen MR) is 76.4 cm³/mol. The van der Waals surface area contributed by atoms with E-state index in [0.29, 0.717) is 30.4 Å². The lowest BCUT2D eigenvalue weighted by molar-refractivity contribution is 0.0606. The summed E-state index contributed by atoms with van der Waals surface area (Å²) in [5.74, 6) is -0.659. The van der Waals surface area contributed by atoms with E-state index in [-0.39, 0.29) is 11.5 Å². The second-order valence-electron chi connectivity index (χ2n) is 5.33. The van der Waals surface area contributed by atoms with Crippen LogP contribution in [0.2, 0.25) is 0 Å². The molecule has 6 heteroatoms. The van der Waals surface area contributed by atoms with Gasteiger partial charge in [-0.3, -0.25) is 4.79 Å². The molecule has 1 aromatic heterocycles. The first-order valence-corrected chi connectivity index (χ1v) is 7.02. The van der Waals surface area contributed by atoms with Gasteiger partial charge in [-0.1, -0.05) is 0 Å². The van der Waals surface area contributed by atoms with E-state index in [4.69, 9.17) is 9.84 Å². The SMILES string of the molecule is COCC1CCN(C(=O)c2ccc(C(=O)O)c(C)n2)CC1. The van der Waals surface area contributed by atoms with Crippen LogP contribution in [0.3, 0.4) is 0 Å². The van der Waals surface area contributed by atoms with Crippen molar-refractivity contribution in [3.63, 3.8) is 0 Å². The van der Waals surface area contributed by atoms with Gasteiger partial charge in [0.1, 0.15) is 5.69 Å². The molecule has 0 bridgehead atoms. The Morgan fingerprint density at radius 2 is 2.05 bits per heavy atom. The molecule has 1 saturated heterocycles. The number of rotatable bonds is 4. The number of nitrogens with zero attached hydrogens (tertiary/aromatic N) is 2. The van der Waals surface area contributed by atoms with Crippen molar-refractivity contribution in [1.82, 2.24) is 9.88 Å². The summed E-state index contributed by atoms with van der Waals surface area (Å²) in [7, 11) is 1.69. The Kier molecular flexibility index (Phi) is 4.90. The molecule has 1 amide bonds. The largest absolute Gasteiger partial charge is 0.478 e. The number of piperidine rings is 1. The molecule has 1 N–H and O–H groups in total. The number of carbonyl (C=O) groups is 2. The molecule has 0 aromatic carbocycles. The van der Waals surface area contributed by atoms with Crippen LogP contribution < -0.4 is 0 Å². The number of aromatic nitrogens is 1. The van der Waals surface area contributed by atoms with E-state index >= 15 is 0 Å². The second-order valence-corrected chi connectivity index (χ2v) is 5.33. The Bertz CT molecular complexity index is 536. The molecule has 0 atom stereocenters. The zero-order chi connectivity index (χ0) is 15.4. The second kappa shape index (κ2) is 6.67. The number of aromatic carboxylic acids is 1. The van der Waals surface area contributed by atoms with Crippen LogP contribution >= 0.6 is 0 Å². The number of ether oxygens (including phenoxy) is 1. The van der Waals surface area contributed by atoms with Crippen molar-refractivity contribution in [2.45, 2.75) is 19.8 Å². The first-order chi connectivity index (χ1) is 10.0. The van der Waals surface area contributed by atoms with Gasteiger partial charge in [-0.25, -0.2) is 9.78 Å². The molecule has 114 valence electrons. The third-order valence-electron chi connectivity index (χ3n) is 3.84. The minimum absolute atomic E-state index is 0.130. The maximum Gasteiger partial charge on any atom is 0.337 e. The molecule has 0 aliphatic carbocycles. The first-order valence-electron chi connectivity index (χ1n) is 7.02. The van der Waals surface area contributed by atoms with E-state index in [0.717, 1.165) is 19.4 Å². The molecule has 1 aliphatic heterocycles. The summed E-state index contributed by atoms with van der Waals surface area (Å²) in [6.45, 7) is 3.71. The zero-order valence-electron chi connectivity index (χ0n) is 12.3. The fourth-order valence-corrected chi connectivity index (χ4v) is 2.61. The van der Waals surface area contributed by atoms with E-state index in [9.17, 15) is 9.59 Å². The van der Waals surface area contributed by atoms with Crippen LogP contribution in [0.5, 0.6) is 0 Å². The molecule has 6 nitrogen and oxygen atoms in total. The molecule has 2 heterocycles. The lowest BCUT2D eigenvalue weighted by atomic mass is 9.97. The third-order valence-corrected chi connectivity index (χ3v) is 3.84. The molecule has 21 heavy (non-hydrogen) atoms. The molecule has 1 aliphatic rings. The lowest BCUT2D eigenvalue weighted by Crippen LogP contribution is -2.39. The van der Waals surface area contributed by atoms with Gasteiger partial charge in [0.25, 0.3) is 5.91 Å². The number of carboxylic acids is 1. The van der Waals surface area contributed by atoms with Gasteiger partial charge < -0.3 is 14.7 Å². The highest BCUT2D eigenvalue weighted by Gasteiger charge is 2.24. The smallest absolute Gasteiger partial charge is 0.337 e. The van der Waals surface area contributed by atoms with E-state index in [2.05, 4.69) is 4.98 Å². The van der Waals surface area contributed by atoms with Crippen molar-refractivity contribution in [2.75, 3.05) is 26.8 Å². The third kappa shape index (κ3) is 3.58. The van der Waals surface area contributed by atoms with Gasteiger partial charge in [0.2, 0.25) is 0 Å². The Morgan fingerprint density at radius 3 is 2.57 bits per heavy atom. The Balaban J connectivity index is 2.04. The molecular weight excluding hydrogens is 272 g/mol. The molecule has 1 fully saturated rings. The average molecular weight is 292 g/mol. The average Bonchev–Trinajstić information content (AvgIpc) is 2.47. The van der Waals surface area contributed by atoms with Crippen molar-refractivity contribution in [1.29, 1.82) is 0 Å². The maximum atomic E-state index is 12.4. The summed E-state index contributed by atoms with van der Waals surface area (Å²) in [4.78, 5) is 29.2. The van der Waals surface area contributed by atoms with E-state index < -0.39 is 5.97 Å². The summed E-state index contributed by atoms with van der Waals surface area (Å²) in [5.41, 5.74) is 0.802. The Hall–Kier alpha value is -1.95. The summed E-state index contributed by atoms with van der Waals surface area (Å²) in [5, 5.41) is 8.98. The number of carbonyl (C=O) groups excluding carboxylic acids is 1. The highest BCUT2D eigenvalue weighted by Crippen LogP contribution is 2.19. The van der Waals surface area contributed by atoms with Crippen LogP contribution in [-0.4, -0.2) is 53.7 Å². The van der Waals surface area contributed by atoms with Crippen LogP contribution in [0.4, 0.5) is 0 Å². The molecule has 0 unspecified atom stereocenters. The molecule has 0 spiro atoms.